The SMILES string of the molecule is N#C[C@H](C(N)=O)[C@@H]1OC(=O)C(Br)=C1Br. The molecule has 0 saturated carbocycles. The number of nitrogens with zero attached hydrogens (tertiary/aromatic N) is 1. The van der Waals surface area contributed by atoms with Gasteiger partial charge in [0.05, 0.1) is 10.6 Å². The summed E-state index contributed by atoms with van der Waals surface area (Å²) in [4.78, 5) is 21.8. The van der Waals surface area contributed by atoms with Crippen LogP contribution in [0.2, 0.25) is 0 Å². The number of primary amides is 1. The molecule has 74 valence electrons. The first-order valence-corrected chi connectivity index (χ1v) is 5.02. The molecule has 0 aromatic rings. The Morgan fingerprint density at radius 3 is 2.50 bits per heavy atom. The fourth-order valence-corrected chi connectivity index (χ4v) is 1.77. The summed E-state index contributed by atoms with van der Waals surface area (Å²) < 4.78 is 5.27. The van der Waals surface area contributed by atoms with E-state index in [4.69, 9.17) is 15.7 Å². The van der Waals surface area contributed by atoms with Gasteiger partial charge in [0.1, 0.15) is 4.48 Å². The minimum absolute atomic E-state index is 0.170. The van der Waals surface area contributed by atoms with E-state index in [0.29, 0.717) is 4.48 Å². The van der Waals surface area contributed by atoms with Crippen LogP contribution in [0.3, 0.4) is 0 Å². The Bertz CT molecular complexity index is 372. The summed E-state index contributed by atoms with van der Waals surface area (Å²) in [6, 6.07) is 1.68. The maximum atomic E-state index is 11.0. The van der Waals surface area contributed by atoms with Crippen molar-refractivity contribution in [3.05, 3.63) is 8.96 Å². The first kappa shape index (κ1) is 11.2. The molecule has 0 aromatic carbocycles. The zero-order valence-electron chi connectivity index (χ0n) is 6.66. The van der Waals surface area contributed by atoms with Crippen LogP contribution < -0.4 is 5.73 Å². The second kappa shape index (κ2) is 4.11. The average Bonchev–Trinajstić information content (AvgIpc) is 2.35. The molecule has 7 heteroatoms. The molecular formula is C7H4Br2N2O3. The van der Waals surface area contributed by atoms with Crippen molar-refractivity contribution in [2.24, 2.45) is 11.7 Å². The summed E-state index contributed by atoms with van der Waals surface area (Å²) in [6.45, 7) is 0. The number of carbonyl (C=O) groups excluding carboxylic acids is 2. The van der Waals surface area contributed by atoms with Gasteiger partial charge in [-0.05, 0) is 31.9 Å². The Kier molecular flexibility index (Phi) is 3.29. The van der Waals surface area contributed by atoms with Gasteiger partial charge in [0.15, 0.2) is 12.0 Å². The Morgan fingerprint density at radius 1 is 1.64 bits per heavy atom. The van der Waals surface area contributed by atoms with Gasteiger partial charge in [-0.25, -0.2) is 4.79 Å². The highest BCUT2D eigenvalue weighted by molar-refractivity contribution is 9.14. The third-order valence-corrected chi connectivity index (χ3v) is 3.75. The number of esters is 1. The summed E-state index contributed by atoms with van der Waals surface area (Å²) in [5.74, 6) is -2.63. The molecule has 0 aliphatic carbocycles. The molecule has 14 heavy (non-hydrogen) atoms. The zero-order chi connectivity index (χ0) is 10.9. The van der Waals surface area contributed by atoms with Gasteiger partial charge in [0.2, 0.25) is 5.91 Å². The summed E-state index contributed by atoms with van der Waals surface area (Å²) >= 11 is 6.00. The highest BCUT2D eigenvalue weighted by Gasteiger charge is 2.39. The van der Waals surface area contributed by atoms with Gasteiger partial charge in [0.25, 0.3) is 0 Å². The number of ether oxygens (including phenoxy) is 1. The Morgan fingerprint density at radius 2 is 2.21 bits per heavy atom. The van der Waals surface area contributed by atoms with Gasteiger partial charge in [0, 0.05) is 0 Å². The fraction of sp³-hybridized carbons (Fsp3) is 0.286. The van der Waals surface area contributed by atoms with Crippen molar-refractivity contribution in [3.8, 4) is 6.07 Å². The van der Waals surface area contributed by atoms with Crippen molar-refractivity contribution in [3.63, 3.8) is 0 Å². The minimum Gasteiger partial charge on any atom is -0.451 e. The molecule has 1 heterocycles. The normalized spacial score (nSPS) is 22.9. The molecule has 1 aliphatic rings. The predicted molar refractivity (Wildman–Crippen MR) is 53.1 cm³/mol. The molecule has 0 spiro atoms. The standard InChI is InChI=1S/C7H4Br2N2O3/c8-3-4(9)7(13)14-5(3)2(1-10)6(11)12/h2,5H,(H2,11,12)/t2-,5-/m0/s1. The van der Waals surface area contributed by atoms with E-state index in [0.717, 1.165) is 0 Å². The lowest BCUT2D eigenvalue weighted by Gasteiger charge is -2.12. The topological polar surface area (TPSA) is 93.2 Å². The quantitative estimate of drug-likeness (QED) is 0.750. The third-order valence-electron chi connectivity index (χ3n) is 1.62. The smallest absolute Gasteiger partial charge is 0.346 e. The minimum atomic E-state index is -1.18. The summed E-state index contributed by atoms with van der Waals surface area (Å²) in [7, 11) is 0. The third kappa shape index (κ3) is 1.81. The molecule has 1 rings (SSSR count). The number of carbonyl (C=O) groups is 2. The van der Waals surface area contributed by atoms with Gasteiger partial charge < -0.3 is 10.5 Å². The van der Waals surface area contributed by atoms with Crippen molar-refractivity contribution in [1.29, 1.82) is 5.26 Å². The number of nitriles is 1. The Hall–Kier alpha value is -0.870. The van der Waals surface area contributed by atoms with Crippen molar-refractivity contribution in [2.45, 2.75) is 6.10 Å². The van der Waals surface area contributed by atoms with Crippen molar-refractivity contribution >= 4 is 43.7 Å². The zero-order valence-corrected chi connectivity index (χ0v) is 9.83. The van der Waals surface area contributed by atoms with Crippen LogP contribution in [0.15, 0.2) is 8.96 Å². The van der Waals surface area contributed by atoms with Crippen LogP contribution in [0.25, 0.3) is 0 Å². The lowest BCUT2D eigenvalue weighted by atomic mass is 10.0. The first-order valence-electron chi connectivity index (χ1n) is 3.44. The number of halogens is 2. The van der Waals surface area contributed by atoms with Crippen LogP contribution in [-0.2, 0) is 14.3 Å². The molecule has 1 amide bonds. The fourth-order valence-electron chi connectivity index (χ4n) is 0.936. The van der Waals surface area contributed by atoms with Crippen molar-refractivity contribution in [1.82, 2.24) is 0 Å². The van der Waals surface area contributed by atoms with E-state index in [1.807, 2.05) is 0 Å². The van der Waals surface area contributed by atoms with E-state index in [9.17, 15) is 9.59 Å². The predicted octanol–water partition coefficient (Wildman–Crippen LogP) is 0.538. The molecule has 0 fully saturated rings. The van der Waals surface area contributed by atoms with Crippen LogP contribution in [0.4, 0.5) is 0 Å². The van der Waals surface area contributed by atoms with Crippen LogP contribution in [-0.4, -0.2) is 18.0 Å². The highest BCUT2D eigenvalue weighted by Crippen LogP contribution is 2.34. The molecule has 1 aliphatic heterocycles. The Balaban J connectivity index is 2.99. The first-order chi connectivity index (χ1) is 6.49. The molecule has 0 radical (unpaired) electrons. The molecular weight excluding hydrogens is 320 g/mol. The number of hydrogen-bond acceptors (Lipinski definition) is 4. The molecule has 2 N–H and O–H groups in total. The molecule has 0 saturated heterocycles. The van der Waals surface area contributed by atoms with Crippen LogP contribution >= 0.6 is 31.9 Å². The van der Waals surface area contributed by atoms with E-state index >= 15 is 0 Å². The van der Waals surface area contributed by atoms with E-state index in [2.05, 4.69) is 31.9 Å². The van der Waals surface area contributed by atoms with Crippen LogP contribution in [0, 0.1) is 17.2 Å². The molecule has 0 bridgehead atoms. The average molecular weight is 324 g/mol. The summed E-state index contributed by atoms with van der Waals surface area (Å²) in [5, 5.41) is 8.65. The van der Waals surface area contributed by atoms with Gasteiger partial charge in [-0.1, -0.05) is 0 Å². The monoisotopic (exact) mass is 322 g/mol. The maximum Gasteiger partial charge on any atom is 0.346 e. The largest absolute Gasteiger partial charge is 0.451 e. The van der Waals surface area contributed by atoms with Crippen LogP contribution in [0.1, 0.15) is 0 Å². The number of amides is 1. The van der Waals surface area contributed by atoms with Gasteiger partial charge in [-0.2, -0.15) is 5.26 Å². The molecule has 5 nitrogen and oxygen atoms in total. The lowest BCUT2D eigenvalue weighted by molar-refractivity contribution is -0.141. The Labute approximate surface area is 96.1 Å². The maximum absolute atomic E-state index is 11.0. The van der Waals surface area contributed by atoms with Crippen molar-refractivity contribution < 1.29 is 14.3 Å². The van der Waals surface area contributed by atoms with Crippen molar-refractivity contribution in [2.75, 3.05) is 0 Å². The number of cyclic esters (lactones) is 1. The lowest BCUT2D eigenvalue weighted by Crippen LogP contribution is -2.33. The van der Waals surface area contributed by atoms with Gasteiger partial charge in [-0.15, -0.1) is 0 Å². The van der Waals surface area contributed by atoms with E-state index < -0.39 is 23.9 Å². The molecule has 0 aromatic heterocycles. The van der Waals surface area contributed by atoms with E-state index in [-0.39, 0.29) is 4.48 Å². The number of nitrogens with two attached hydrogens (primary N) is 1. The molecule has 2 atom stereocenters. The van der Waals surface area contributed by atoms with Gasteiger partial charge in [-0.3, -0.25) is 4.79 Å². The second-order valence-electron chi connectivity index (χ2n) is 2.50. The van der Waals surface area contributed by atoms with E-state index in [1.165, 1.54) is 0 Å². The number of rotatable bonds is 2. The molecule has 0 unspecified atom stereocenters. The second-order valence-corrected chi connectivity index (χ2v) is 4.14. The van der Waals surface area contributed by atoms with Crippen LogP contribution in [0.5, 0.6) is 0 Å². The summed E-state index contributed by atoms with van der Waals surface area (Å²) in [5.41, 5.74) is 4.97. The highest BCUT2D eigenvalue weighted by atomic mass is 79.9. The van der Waals surface area contributed by atoms with E-state index in [1.54, 1.807) is 6.07 Å². The summed E-state index contributed by atoms with van der Waals surface area (Å²) in [6.07, 6.45) is -0.945. The van der Waals surface area contributed by atoms with Gasteiger partial charge >= 0.3 is 5.97 Å². The number of hydrogen-bond donors (Lipinski definition) is 1.